The van der Waals surface area contributed by atoms with Crippen molar-refractivity contribution in [2.45, 2.75) is 26.7 Å². The normalized spacial score (nSPS) is 12.7. The summed E-state index contributed by atoms with van der Waals surface area (Å²) in [5.41, 5.74) is 2.37. The fraction of sp³-hybridized carbons (Fsp3) is 0.348. The molecular formula is C23H27N3O4. The Morgan fingerprint density at radius 2 is 1.87 bits per heavy atom. The Kier molecular flexibility index (Phi) is 7.06. The number of nitrogens with zero attached hydrogens (tertiary/aromatic N) is 2. The molecule has 7 heteroatoms. The molecule has 1 N–H and O–H groups in total. The highest BCUT2D eigenvalue weighted by atomic mass is 16.5. The predicted molar refractivity (Wildman–Crippen MR) is 116 cm³/mol. The number of carbonyl (C=O) groups excluding carboxylic acids is 3. The number of hydrogen-bond donors (Lipinski definition) is 1. The Bertz CT molecular complexity index is 928. The number of anilines is 2. The minimum Gasteiger partial charge on any atom is -0.482 e. The van der Waals surface area contributed by atoms with Crippen molar-refractivity contribution in [3.63, 3.8) is 0 Å². The molecule has 2 aromatic rings. The second kappa shape index (κ2) is 9.91. The summed E-state index contributed by atoms with van der Waals surface area (Å²) in [4.78, 5) is 40.7. The monoisotopic (exact) mass is 409 g/mol. The van der Waals surface area contributed by atoms with Crippen LogP contribution < -0.4 is 15.0 Å². The summed E-state index contributed by atoms with van der Waals surface area (Å²) in [5.74, 6) is 0.0564. The van der Waals surface area contributed by atoms with Gasteiger partial charge in [0, 0.05) is 25.2 Å². The first kappa shape index (κ1) is 21.4. The van der Waals surface area contributed by atoms with E-state index in [1.807, 2.05) is 50.2 Å². The number of aryl methyl sites for hydroxylation is 1. The summed E-state index contributed by atoms with van der Waals surface area (Å²) in [6.07, 6.45) is 0.875. The number of hydrogen-bond acceptors (Lipinski definition) is 4. The summed E-state index contributed by atoms with van der Waals surface area (Å²) >= 11 is 0. The van der Waals surface area contributed by atoms with Crippen LogP contribution in [0.25, 0.3) is 0 Å². The molecular weight excluding hydrogens is 382 g/mol. The first-order valence-corrected chi connectivity index (χ1v) is 10.1. The van der Waals surface area contributed by atoms with Crippen LogP contribution in [0.15, 0.2) is 48.5 Å². The van der Waals surface area contributed by atoms with Crippen LogP contribution in [0.2, 0.25) is 0 Å². The molecule has 0 fully saturated rings. The van der Waals surface area contributed by atoms with Gasteiger partial charge in [0.25, 0.3) is 5.91 Å². The largest absolute Gasteiger partial charge is 0.482 e. The fourth-order valence-corrected chi connectivity index (χ4v) is 3.40. The van der Waals surface area contributed by atoms with Crippen molar-refractivity contribution in [3.8, 4) is 5.75 Å². The minimum atomic E-state index is -0.237. The topological polar surface area (TPSA) is 79.0 Å². The number of ether oxygens (including phenoxy) is 1. The highest BCUT2D eigenvalue weighted by Crippen LogP contribution is 2.31. The van der Waals surface area contributed by atoms with Gasteiger partial charge in [-0.05, 0) is 37.1 Å². The summed E-state index contributed by atoms with van der Waals surface area (Å²) in [5, 5.41) is 2.87. The molecule has 3 rings (SSSR count). The number of carbonyl (C=O) groups is 3. The molecule has 158 valence electrons. The van der Waals surface area contributed by atoms with E-state index in [2.05, 4.69) is 5.32 Å². The van der Waals surface area contributed by atoms with Gasteiger partial charge in [-0.2, -0.15) is 0 Å². The summed E-state index contributed by atoms with van der Waals surface area (Å²) in [6, 6.07) is 14.8. The summed E-state index contributed by atoms with van der Waals surface area (Å²) in [7, 11) is 0. The van der Waals surface area contributed by atoms with Crippen LogP contribution in [0.5, 0.6) is 5.75 Å². The summed E-state index contributed by atoms with van der Waals surface area (Å²) < 4.78 is 5.44. The zero-order chi connectivity index (χ0) is 21.5. The van der Waals surface area contributed by atoms with Gasteiger partial charge in [0.05, 0.1) is 12.2 Å². The van der Waals surface area contributed by atoms with Crippen molar-refractivity contribution < 1.29 is 19.1 Å². The van der Waals surface area contributed by atoms with Gasteiger partial charge in [-0.25, -0.2) is 0 Å². The van der Waals surface area contributed by atoms with Crippen molar-refractivity contribution in [1.82, 2.24) is 4.90 Å². The van der Waals surface area contributed by atoms with Crippen LogP contribution in [0, 0.1) is 6.92 Å². The SMILES string of the molecule is CCCN(CC(=O)Nc1ccccc1C)C(=O)CCN1C(=O)COc2ccccc21. The van der Waals surface area contributed by atoms with E-state index in [1.54, 1.807) is 21.9 Å². The fourth-order valence-electron chi connectivity index (χ4n) is 3.40. The summed E-state index contributed by atoms with van der Waals surface area (Å²) in [6.45, 7) is 4.55. The van der Waals surface area contributed by atoms with E-state index in [9.17, 15) is 14.4 Å². The maximum absolute atomic E-state index is 12.8. The molecule has 30 heavy (non-hydrogen) atoms. The molecule has 3 amide bonds. The third kappa shape index (κ3) is 5.17. The van der Waals surface area contributed by atoms with Gasteiger partial charge in [0.1, 0.15) is 5.75 Å². The molecule has 0 aromatic heterocycles. The number of para-hydroxylation sites is 3. The quantitative estimate of drug-likeness (QED) is 0.727. The maximum Gasteiger partial charge on any atom is 0.265 e. The van der Waals surface area contributed by atoms with E-state index in [0.717, 1.165) is 17.7 Å². The molecule has 0 unspecified atom stereocenters. The van der Waals surface area contributed by atoms with E-state index >= 15 is 0 Å². The standard InChI is InChI=1S/C23H27N3O4/c1-3-13-25(15-21(27)24-18-9-5-4-8-17(18)2)22(28)12-14-26-19-10-6-7-11-20(19)30-16-23(26)29/h4-11H,3,12-16H2,1-2H3,(H,24,27). The predicted octanol–water partition coefficient (Wildman–Crippen LogP) is 2.99. The van der Waals surface area contributed by atoms with E-state index in [1.165, 1.54) is 0 Å². The second-order valence-corrected chi connectivity index (χ2v) is 7.23. The molecule has 2 aromatic carbocycles. The first-order valence-electron chi connectivity index (χ1n) is 10.1. The van der Waals surface area contributed by atoms with Crippen LogP contribution in [0.3, 0.4) is 0 Å². The lowest BCUT2D eigenvalue weighted by molar-refractivity contribution is -0.134. The number of fused-ring (bicyclic) bond motifs is 1. The van der Waals surface area contributed by atoms with Crippen molar-refractivity contribution in [2.24, 2.45) is 0 Å². The Morgan fingerprint density at radius 3 is 2.63 bits per heavy atom. The number of benzene rings is 2. The molecule has 1 aliphatic heterocycles. The smallest absolute Gasteiger partial charge is 0.265 e. The lowest BCUT2D eigenvalue weighted by Gasteiger charge is -2.30. The number of nitrogens with one attached hydrogen (secondary N) is 1. The number of rotatable bonds is 8. The molecule has 0 radical (unpaired) electrons. The highest BCUT2D eigenvalue weighted by Gasteiger charge is 2.26. The Hall–Kier alpha value is -3.35. The minimum absolute atomic E-state index is 0.0192. The Labute approximate surface area is 176 Å². The lowest BCUT2D eigenvalue weighted by atomic mass is 10.2. The van der Waals surface area contributed by atoms with Crippen molar-refractivity contribution >= 4 is 29.1 Å². The third-order valence-electron chi connectivity index (χ3n) is 4.96. The lowest BCUT2D eigenvalue weighted by Crippen LogP contribution is -2.43. The van der Waals surface area contributed by atoms with E-state index in [-0.39, 0.29) is 43.8 Å². The first-order chi connectivity index (χ1) is 14.5. The second-order valence-electron chi connectivity index (χ2n) is 7.23. The Morgan fingerprint density at radius 1 is 1.13 bits per heavy atom. The maximum atomic E-state index is 12.8. The van der Waals surface area contributed by atoms with Gasteiger partial charge in [0.2, 0.25) is 11.8 Å². The van der Waals surface area contributed by atoms with E-state index in [0.29, 0.717) is 18.0 Å². The zero-order valence-electron chi connectivity index (χ0n) is 17.4. The van der Waals surface area contributed by atoms with Gasteiger partial charge in [-0.15, -0.1) is 0 Å². The Balaban J connectivity index is 1.61. The molecule has 0 saturated carbocycles. The van der Waals surface area contributed by atoms with Gasteiger partial charge >= 0.3 is 0 Å². The van der Waals surface area contributed by atoms with E-state index in [4.69, 9.17) is 4.74 Å². The molecule has 0 bridgehead atoms. The molecule has 0 spiro atoms. The van der Waals surface area contributed by atoms with Crippen molar-refractivity contribution in [2.75, 3.05) is 36.5 Å². The van der Waals surface area contributed by atoms with Crippen LogP contribution >= 0.6 is 0 Å². The average molecular weight is 409 g/mol. The molecule has 0 atom stereocenters. The highest BCUT2D eigenvalue weighted by molar-refractivity contribution is 5.98. The van der Waals surface area contributed by atoms with Crippen LogP contribution in [0.1, 0.15) is 25.3 Å². The van der Waals surface area contributed by atoms with Gasteiger partial charge in [-0.1, -0.05) is 37.3 Å². The van der Waals surface area contributed by atoms with Gasteiger partial charge in [0.15, 0.2) is 6.61 Å². The van der Waals surface area contributed by atoms with Crippen LogP contribution in [-0.2, 0) is 14.4 Å². The van der Waals surface area contributed by atoms with E-state index < -0.39 is 0 Å². The number of amides is 3. The average Bonchev–Trinajstić information content (AvgIpc) is 2.74. The van der Waals surface area contributed by atoms with Crippen molar-refractivity contribution in [1.29, 1.82) is 0 Å². The van der Waals surface area contributed by atoms with Gasteiger partial charge < -0.3 is 19.9 Å². The molecule has 1 aliphatic rings. The molecule has 0 aliphatic carbocycles. The molecule has 1 heterocycles. The van der Waals surface area contributed by atoms with Crippen LogP contribution in [0.4, 0.5) is 11.4 Å². The van der Waals surface area contributed by atoms with Gasteiger partial charge in [-0.3, -0.25) is 14.4 Å². The zero-order valence-corrected chi connectivity index (χ0v) is 17.4. The molecule has 0 saturated heterocycles. The molecule has 7 nitrogen and oxygen atoms in total. The van der Waals surface area contributed by atoms with Crippen LogP contribution in [-0.4, -0.2) is 48.9 Å². The van der Waals surface area contributed by atoms with Crippen molar-refractivity contribution in [3.05, 3.63) is 54.1 Å². The third-order valence-corrected chi connectivity index (χ3v) is 4.96.